The molecule has 1 heterocycles. The molecule has 4 atom stereocenters. The molecule has 1 aliphatic rings. The van der Waals surface area contributed by atoms with Gasteiger partial charge in [0.15, 0.2) is 12.2 Å². The molecule has 0 spiro atoms. The first-order chi connectivity index (χ1) is 9.31. The summed E-state index contributed by atoms with van der Waals surface area (Å²) in [4.78, 5) is 32.8. The third kappa shape index (κ3) is 4.78. The first-order valence-corrected chi connectivity index (χ1v) is 6.08. The normalized spacial score (nSPS) is 29.4. The molecule has 0 amide bonds. The van der Waals surface area contributed by atoms with Crippen molar-refractivity contribution < 1.29 is 38.4 Å². The highest BCUT2D eigenvalue weighted by atomic mass is 16.6. The fourth-order valence-electron chi connectivity index (χ4n) is 1.84. The minimum absolute atomic E-state index is 0.0689. The van der Waals surface area contributed by atoms with Gasteiger partial charge in [0, 0.05) is 20.8 Å². The van der Waals surface area contributed by atoms with Gasteiger partial charge in [-0.1, -0.05) is 0 Å². The SMILES string of the molecule is CC(=O)OC[C@H]1OCC(OC(C)=O)C(OC(C)=O)[C@@H]1O. The van der Waals surface area contributed by atoms with Crippen LogP contribution in [0.25, 0.3) is 0 Å². The number of carbonyl (C=O) groups excluding carboxylic acids is 3. The first-order valence-electron chi connectivity index (χ1n) is 6.08. The fraction of sp³-hybridized carbons (Fsp3) is 0.750. The molecule has 114 valence electrons. The Morgan fingerprint density at radius 3 is 2.20 bits per heavy atom. The summed E-state index contributed by atoms with van der Waals surface area (Å²) in [7, 11) is 0. The Morgan fingerprint density at radius 1 is 1.10 bits per heavy atom. The molecule has 0 aromatic rings. The summed E-state index contributed by atoms with van der Waals surface area (Å²) >= 11 is 0. The van der Waals surface area contributed by atoms with Gasteiger partial charge in [-0.2, -0.15) is 0 Å². The van der Waals surface area contributed by atoms with E-state index in [2.05, 4.69) is 0 Å². The summed E-state index contributed by atoms with van der Waals surface area (Å²) in [5.74, 6) is -1.73. The molecule has 1 fully saturated rings. The van der Waals surface area contributed by atoms with Crippen molar-refractivity contribution in [1.82, 2.24) is 0 Å². The molecule has 0 radical (unpaired) electrons. The van der Waals surface area contributed by atoms with Crippen molar-refractivity contribution in [3.8, 4) is 0 Å². The van der Waals surface area contributed by atoms with Gasteiger partial charge in [-0.25, -0.2) is 0 Å². The van der Waals surface area contributed by atoms with Crippen molar-refractivity contribution in [3.63, 3.8) is 0 Å². The maximum atomic E-state index is 11.1. The van der Waals surface area contributed by atoms with Gasteiger partial charge in [0.2, 0.25) is 0 Å². The van der Waals surface area contributed by atoms with Crippen molar-refractivity contribution in [2.24, 2.45) is 0 Å². The van der Waals surface area contributed by atoms with E-state index in [0.717, 1.165) is 0 Å². The van der Waals surface area contributed by atoms with E-state index in [9.17, 15) is 19.5 Å². The monoisotopic (exact) mass is 290 g/mol. The predicted octanol–water partition coefficient (Wildman–Crippen LogP) is -0.827. The molecule has 0 aromatic carbocycles. The molecule has 1 N–H and O–H groups in total. The molecular weight excluding hydrogens is 272 g/mol. The Labute approximate surface area is 115 Å². The molecule has 0 aromatic heterocycles. The van der Waals surface area contributed by atoms with Crippen molar-refractivity contribution in [2.75, 3.05) is 13.2 Å². The van der Waals surface area contributed by atoms with Crippen LogP contribution in [0.4, 0.5) is 0 Å². The van der Waals surface area contributed by atoms with Gasteiger partial charge < -0.3 is 24.1 Å². The van der Waals surface area contributed by atoms with Gasteiger partial charge in [-0.05, 0) is 0 Å². The van der Waals surface area contributed by atoms with Crippen molar-refractivity contribution in [2.45, 2.75) is 45.2 Å². The average molecular weight is 290 g/mol. The summed E-state index contributed by atoms with van der Waals surface area (Å²) in [5.41, 5.74) is 0. The smallest absolute Gasteiger partial charge is 0.303 e. The molecule has 0 aliphatic carbocycles. The van der Waals surface area contributed by atoms with Crippen LogP contribution in [0.1, 0.15) is 20.8 Å². The van der Waals surface area contributed by atoms with E-state index in [1.54, 1.807) is 0 Å². The minimum Gasteiger partial charge on any atom is -0.463 e. The van der Waals surface area contributed by atoms with Crippen molar-refractivity contribution in [1.29, 1.82) is 0 Å². The zero-order valence-corrected chi connectivity index (χ0v) is 11.5. The Bertz CT molecular complexity index is 380. The number of aliphatic hydroxyl groups excluding tert-OH is 1. The molecule has 0 saturated carbocycles. The van der Waals surface area contributed by atoms with Gasteiger partial charge in [-0.15, -0.1) is 0 Å². The van der Waals surface area contributed by atoms with Gasteiger partial charge >= 0.3 is 17.9 Å². The van der Waals surface area contributed by atoms with Crippen LogP contribution in [0, 0.1) is 0 Å². The number of hydrogen-bond donors (Lipinski definition) is 1. The summed E-state index contributed by atoms with van der Waals surface area (Å²) in [6.07, 6.45) is -4.09. The van der Waals surface area contributed by atoms with Crippen LogP contribution >= 0.6 is 0 Å². The molecule has 1 aliphatic heterocycles. The van der Waals surface area contributed by atoms with Crippen molar-refractivity contribution >= 4 is 17.9 Å². The standard InChI is InChI=1S/C12H18O8/c1-6(13)17-4-9-11(16)12(20-8(3)15)10(5-18-9)19-7(2)14/h9-12,16H,4-5H2,1-3H3/t9-,10?,11-,12?/m1/s1. The quantitative estimate of drug-likeness (QED) is 0.528. The Kier molecular flexibility index (Phi) is 5.90. The van der Waals surface area contributed by atoms with E-state index in [4.69, 9.17) is 18.9 Å². The van der Waals surface area contributed by atoms with Crippen molar-refractivity contribution in [3.05, 3.63) is 0 Å². The Hall–Kier alpha value is -1.67. The molecule has 2 unspecified atom stereocenters. The number of carbonyl (C=O) groups is 3. The van der Waals surface area contributed by atoms with E-state index in [1.165, 1.54) is 20.8 Å². The predicted molar refractivity (Wildman–Crippen MR) is 63.5 cm³/mol. The zero-order valence-electron chi connectivity index (χ0n) is 11.5. The van der Waals surface area contributed by atoms with Crippen LogP contribution in [0.2, 0.25) is 0 Å². The number of rotatable bonds is 4. The van der Waals surface area contributed by atoms with Gasteiger partial charge in [0.1, 0.15) is 18.8 Å². The van der Waals surface area contributed by atoms with Gasteiger partial charge in [-0.3, -0.25) is 14.4 Å². The van der Waals surface area contributed by atoms with Crippen LogP contribution in [-0.2, 0) is 33.3 Å². The van der Waals surface area contributed by atoms with Gasteiger partial charge in [0.05, 0.1) is 6.61 Å². The van der Waals surface area contributed by atoms with Crippen LogP contribution in [0.3, 0.4) is 0 Å². The Balaban J connectivity index is 2.73. The Morgan fingerprint density at radius 2 is 1.70 bits per heavy atom. The lowest BCUT2D eigenvalue weighted by Crippen LogP contribution is -2.57. The molecule has 8 nitrogen and oxygen atoms in total. The second-order valence-corrected chi connectivity index (χ2v) is 4.39. The minimum atomic E-state index is -1.27. The second-order valence-electron chi connectivity index (χ2n) is 4.39. The number of esters is 3. The summed E-state index contributed by atoms with van der Waals surface area (Å²) in [6, 6.07) is 0. The summed E-state index contributed by atoms with van der Waals surface area (Å²) in [5, 5.41) is 10.1. The third-order valence-electron chi connectivity index (χ3n) is 2.63. The highest BCUT2D eigenvalue weighted by Crippen LogP contribution is 2.21. The maximum absolute atomic E-state index is 11.1. The van der Waals surface area contributed by atoms with Crippen LogP contribution in [0.15, 0.2) is 0 Å². The van der Waals surface area contributed by atoms with E-state index in [0.29, 0.717) is 0 Å². The van der Waals surface area contributed by atoms with E-state index >= 15 is 0 Å². The van der Waals surface area contributed by atoms with E-state index in [1.807, 2.05) is 0 Å². The van der Waals surface area contributed by atoms with Crippen LogP contribution in [-0.4, -0.2) is 60.6 Å². The van der Waals surface area contributed by atoms with Gasteiger partial charge in [0.25, 0.3) is 0 Å². The number of hydrogen-bond acceptors (Lipinski definition) is 8. The highest BCUT2D eigenvalue weighted by Gasteiger charge is 2.44. The van der Waals surface area contributed by atoms with E-state index in [-0.39, 0.29) is 13.2 Å². The topological polar surface area (TPSA) is 108 Å². The zero-order chi connectivity index (χ0) is 15.3. The highest BCUT2D eigenvalue weighted by molar-refractivity contribution is 5.67. The summed E-state index contributed by atoms with van der Waals surface area (Å²) < 4.78 is 19.9. The first kappa shape index (κ1) is 16.4. The maximum Gasteiger partial charge on any atom is 0.303 e. The second kappa shape index (κ2) is 7.20. The lowest BCUT2D eigenvalue weighted by Gasteiger charge is -2.38. The summed E-state index contributed by atoms with van der Waals surface area (Å²) in [6.45, 7) is 3.35. The third-order valence-corrected chi connectivity index (χ3v) is 2.63. The molecule has 8 heteroatoms. The molecule has 0 bridgehead atoms. The van der Waals surface area contributed by atoms with Crippen LogP contribution < -0.4 is 0 Å². The van der Waals surface area contributed by atoms with E-state index < -0.39 is 42.3 Å². The molecule has 1 rings (SSSR count). The lowest BCUT2D eigenvalue weighted by molar-refractivity contribution is -0.223. The molecular formula is C12H18O8. The average Bonchev–Trinajstić information content (AvgIpc) is 2.31. The largest absolute Gasteiger partial charge is 0.463 e. The molecule has 20 heavy (non-hydrogen) atoms. The van der Waals surface area contributed by atoms with Crippen LogP contribution in [0.5, 0.6) is 0 Å². The lowest BCUT2D eigenvalue weighted by atomic mass is 10.00. The number of aliphatic hydroxyl groups is 1. The number of ether oxygens (including phenoxy) is 4. The molecule has 1 saturated heterocycles. The fourth-order valence-corrected chi connectivity index (χ4v) is 1.84.